The lowest BCUT2D eigenvalue weighted by molar-refractivity contribution is -0.274. The summed E-state index contributed by atoms with van der Waals surface area (Å²) in [5.74, 6) is -0.0693. The number of hydrogen-bond donors (Lipinski definition) is 0. The topological polar surface area (TPSA) is 59.3 Å². The number of alkyl halides is 3. The third-order valence-corrected chi connectivity index (χ3v) is 8.07. The van der Waals surface area contributed by atoms with Crippen molar-refractivity contribution in [2.45, 2.75) is 26.8 Å². The van der Waals surface area contributed by atoms with Crippen molar-refractivity contribution in [1.82, 2.24) is 9.47 Å². The predicted molar refractivity (Wildman–Crippen MR) is 156 cm³/mol. The molecule has 0 fully saturated rings. The summed E-state index contributed by atoms with van der Waals surface area (Å²) in [6, 6.07) is 17.3. The largest absolute Gasteiger partial charge is 0.573 e. The van der Waals surface area contributed by atoms with Gasteiger partial charge >= 0.3 is 6.36 Å². The number of nitrogens with zero attached hydrogens (tertiary/aromatic N) is 4. The van der Waals surface area contributed by atoms with Gasteiger partial charge < -0.3 is 22.2 Å². The Hall–Kier alpha value is -3.19. The van der Waals surface area contributed by atoms with Crippen LogP contribution in [0.3, 0.4) is 0 Å². The van der Waals surface area contributed by atoms with Crippen LogP contribution in [0.25, 0.3) is 0 Å². The summed E-state index contributed by atoms with van der Waals surface area (Å²) in [6.07, 6.45) is -4.75. The van der Waals surface area contributed by atoms with Crippen LogP contribution in [0.1, 0.15) is 29.3 Å². The molecule has 0 aliphatic carbocycles. The number of anilines is 1. The number of likely N-dealkylation sites (N-methyl/N-ethyl adjacent to an activating group) is 2. The first-order valence-corrected chi connectivity index (χ1v) is 14.3. The smallest absolute Gasteiger partial charge is 0.414 e. The van der Waals surface area contributed by atoms with E-state index in [0.717, 1.165) is 36.6 Å². The van der Waals surface area contributed by atoms with E-state index in [1.807, 2.05) is 25.1 Å². The SMILES string of the molecule is CCN(CCN(C)C)c1cccc(Cn2c(C)ccc(C3=NC(c4ccc(OC(F)(F)F)cc4)=IO3)c2=O)c1. The first-order chi connectivity index (χ1) is 18.5. The van der Waals surface area contributed by atoms with Crippen LogP contribution >= 0.6 is 21.1 Å². The molecule has 0 spiro atoms. The molecule has 2 aromatic carbocycles. The lowest BCUT2D eigenvalue weighted by Crippen LogP contribution is -2.31. The molecule has 0 bridgehead atoms. The maximum absolute atomic E-state index is 13.5. The first kappa shape index (κ1) is 28.8. The third kappa shape index (κ3) is 7.47. The highest BCUT2D eigenvalue weighted by atomic mass is 127. The number of aromatic nitrogens is 1. The Bertz CT molecular complexity index is 1430. The molecule has 1 aliphatic rings. The zero-order valence-corrected chi connectivity index (χ0v) is 24.3. The molecule has 7 nitrogen and oxygen atoms in total. The maximum atomic E-state index is 13.5. The van der Waals surface area contributed by atoms with Gasteiger partial charge in [0.2, 0.25) is 5.90 Å². The quantitative estimate of drug-likeness (QED) is 0.277. The van der Waals surface area contributed by atoms with E-state index in [1.54, 1.807) is 10.6 Å². The van der Waals surface area contributed by atoms with Crippen LogP contribution in [0.5, 0.6) is 5.75 Å². The van der Waals surface area contributed by atoms with Gasteiger partial charge in [0, 0.05) is 36.6 Å². The summed E-state index contributed by atoms with van der Waals surface area (Å²) in [7, 11) is 4.10. The van der Waals surface area contributed by atoms with Gasteiger partial charge in [-0.2, -0.15) is 0 Å². The predicted octanol–water partition coefficient (Wildman–Crippen LogP) is 5.33. The van der Waals surface area contributed by atoms with E-state index in [2.05, 4.69) is 52.7 Å². The van der Waals surface area contributed by atoms with Gasteiger partial charge in [0.25, 0.3) is 5.56 Å². The highest BCUT2D eigenvalue weighted by Crippen LogP contribution is 2.26. The lowest BCUT2D eigenvalue weighted by atomic mass is 10.1. The van der Waals surface area contributed by atoms with Crippen LogP contribution in [-0.4, -0.2) is 59.1 Å². The van der Waals surface area contributed by atoms with E-state index >= 15 is 0 Å². The van der Waals surface area contributed by atoms with Crippen LogP contribution < -0.4 is 15.2 Å². The molecular weight excluding hydrogens is 624 g/mol. The second-order valence-corrected chi connectivity index (χ2v) is 11.2. The molecule has 4 rings (SSSR count). The molecular formula is C28H30F3IN4O3. The zero-order valence-electron chi connectivity index (χ0n) is 22.1. The standard InChI is InChI=1S/C28H30F3IN4O3/c1-5-35(16-15-34(3)4)22-8-6-7-20(17-22)18-36-19(2)9-14-24(27(36)37)26-33-25(32-39-26)21-10-12-23(13-11-21)38-28(29,30)31/h6-14,17H,5,15-16,18H2,1-4H3. The molecule has 39 heavy (non-hydrogen) atoms. The molecule has 1 aromatic heterocycles. The van der Waals surface area contributed by atoms with Crippen molar-refractivity contribution in [3.63, 3.8) is 0 Å². The van der Waals surface area contributed by atoms with Crippen molar-refractivity contribution in [3.8, 4) is 5.75 Å². The number of aryl methyl sites for hydroxylation is 1. The number of rotatable bonds is 10. The van der Waals surface area contributed by atoms with Crippen molar-refractivity contribution >= 4 is 36.4 Å². The minimum absolute atomic E-state index is 0.210. The highest BCUT2D eigenvalue weighted by Gasteiger charge is 2.31. The van der Waals surface area contributed by atoms with E-state index in [-0.39, 0.29) is 17.2 Å². The van der Waals surface area contributed by atoms with Crippen LogP contribution in [0.15, 0.2) is 70.5 Å². The van der Waals surface area contributed by atoms with Crippen molar-refractivity contribution in [2.24, 2.45) is 4.99 Å². The van der Waals surface area contributed by atoms with Crippen LogP contribution in [0.2, 0.25) is 0 Å². The number of halogens is 4. The summed E-state index contributed by atoms with van der Waals surface area (Å²) < 4.78 is 49.4. The second-order valence-electron chi connectivity index (χ2n) is 9.27. The molecule has 0 saturated carbocycles. The third-order valence-electron chi connectivity index (χ3n) is 6.15. The van der Waals surface area contributed by atoms with Crippen LogP contribution in [-0.2, 0) is 9.61 Å². The van der Waals surface area contributed by atoms with E-state index < -0.39 is 27.5 Å². The summed E-state index contributed by atoms with van der Waals surface area (Å²) in [5, 5.41) is 0. The van der Waals surface area contributed by atoms with E-state index in [9.17, 15) is 18.0 Å². The molecule has 0 saturated heterocycles. The summed E-state index contributed by atoms with van der Waals surface area (Å²) in [5.41, 5.74) is 3.70. The summed E-state index contributed by atoms with van der Waals surface area (Å²) in [4.78, 5) is 22.5. The molecule has 1 aliphatic heterocycles. The molecule has 2 heterocycles. The van der Waals surface area contributed by atoms with Crippen molar-refractivity contribution in [2.75, 3.05) is 38.6 Å². The molecule has 0 unspecified atom stereocenters. The number of aliphatic imine (C=N–C) groups is 1. The summed E-state index contributed by atoms with van der Waals surface area (Å²) in [6.45, 7) is 7.13. The van der Waals surface area contributed by atoms with E-state index in [4.69, 9.17) is 3.07 Å². The Morgan fingerprint density at radius 1 is 1.05 bits per heavy atom. The normalized spacial score (nSPS) is 13.4. The minimum Gasteiger partial charge on any atom is -0.414 e. The lowest BCUT2D eigenvalue weighted by Gasteiger charge is -2.25. The van der Waals surface area contributed by atoms with Crippen molar-refractivity contribution < 1.29 is 21.0 Å². The molecule has 0 N–H and O–H groups in total. The van der Waals surface area contributed by atoms with Crippen molar-refractivity contribution in [1.29, 1.82) is 0 Å². The van der Waals surface area contributed by atoms with Crippen LogP contribution in [0.4, 0.5) is 18.9 Å². The van der Waals surface area contributed by atoms with Crippen molar-refractivity contribution in [3.05, 3.63) is 93.4 Å². The van der Waals surface area contributed by atoms with E-state index in [1.165, 1.54) is 24.3 Å². The Morgan fingerprint density at radius 2 is 1.79 bits per heavy atom. The molecule has 11 heteroatoms. The zero-order chi connectivity index (χ0) is 28.2. The Morgan fingerprint density at radius 3 is 2.46 bits per heavy atom. The number of hydrogen-bond acceptors (Lipinski definition) is 6. The van der Waals surface area contributed by atoms with Gasteiger partial charge in [0.15, 0.2) is 0 Å². The number of ether oxygens (including phenoxy) is 1. The molecule has 208 valence electrons. The van der Waals surface area contributed by atoms with Gasteiger partial charge in [0.05, 0.1) is 6.54 Å². The molecule has 0 atom stereocenters. The van der Waals surface area contributed by atoms with Gasteiger partial charge in [0.1, 0.15) is 36.1 Å². The fourth-order valence-corrected chi connectivity index (χ4v) is 5.74. The number of pyridine rings is 1. The van der Waals surface area contributed by atoms with Gasteiger partial charge in [-0.05, 0) is 82.0 Å². The maximum Gasteiger partial charge on any atom is 0.573 e. The Kier molecular flexibility index (Phi) is 9.11. The second kappa shape index (κ2) is 12.3. The van der Waals surface area contributed by atoms with Gasteiger partial charge in [-0.3, -0.25) is 4.79 Å². The average Bonchev–Trinajstić information content (AvgIpc) is 3.36. The Balaban J connectivity index is 1.54. The molecule has 3 aromatic rings. The molecule has 0 amide bonds. The average molecular weight is 654 g/mol. The molecule has 0 radical (unpaired) electrons. The van der Waals surface area contributed by atoms with Gasteiger partial charge in [-0.25, -0.2) is 4.99 Å². The van der Waals surface area contributed by atoms with Gasteiger partial charge in [-0.1, -0.05) is 12.1 Å². The fraction of sp³-hybridized carbons (Fsp3) is 0.321. The van der Waals surface area contributed by atoms with E-state index in [0.29, 0.717) is 21.3 Å². The summed E-state index contributed by atoms with van der Waals surface area (Å²) >= 11 is -1.02. The fourth-order valence-electron chi connectivity index (χ4n) is 4.06. The van der Waals surface area contributed by atoms with Gasteiger partial charge in [-0.15, -0.1) is 13.2 Å². The van der Waals surface area contributed by atoms with Crippen LogP contribution in [0, 0.1) is 6.92 Å². The highest BCUT2D eigenvalue weighted by molar-refractivity contribution is 14.2. The number of benzene rings is 2. The Labute approximate surface area is 235 Å². The minimum atomic E-state index is -4.75. The monoisotopic (exact) mass is 654 g/mol. The first-order valence-electron chi connectivity index (χ1n) is 12.4.